The highest BCUT2D eigenvalue weighted by Crippen LogP contribution is 2.28. The number of benzene rings is 2. The van der Waals surface area contributed by atoms with Gasteiger partial charge in [0.25, 0.3) is 0 Å². The normalized spacial score (nSPS) is 12.1. The molecule has 4 rings (SSSR count). The minimum Gasteiger partial charge on any atom is -0.307 e. The summed E-state index contributed by atoms with van der Waals surface area (Å²) >= 11 is 1.26. The van der Waals surface area contributed by atoms with Crippen molar-refractivity contribution in [3.05, 3.63) is 65.2 Å². The van der Waals surface area contributed by atoms with E-state index >= 15 is 0 Å². The van der Waals surface area contributed by atoms with Crippen molar-refractivity contribution in [3.8, 4) is 0 Å². The molecule has 0 spiro atoms. The predicted molar refractivity (Wildman–Crippen MR) is 124 cm³/mol. The summed E-state index contributed by atoms with van der Waals surface area (Å²) in [5, 5.41) is 14.8. The summed E-state index contributed by atoms with van der Waals surface area (Å²) in [6.07, 6.45) is 0. The minimum atomic E-state index is -0.559. The molecule has 7 nitrogen and oxygen atoms in total. The van der Waals surface area contributed by atoms with Crippen molar-refractivity contribution >= 4 is 45.9 Å². The predicted octanol–water partition coefficient (Wildman–Crippen LogP) is 4.64. The topological polar surface area (TPSA) is 88.4 Å². The van der Waals surface area contributed by atoms with Crippen LogP contribution in [0.4, 0.5) is 10.5 Å². The molecule has 4 aromatic rings. The molecule has 0 aliphatic rings. The zero-order chi connectivity index (χ0) is 22.1. The van der Waals surface area contributed by atoms with E-state index in [2.05, 4.69) is 20.8 Å². The first-order valence-corrected chi connectivity index (χ1v) is 10.8. The Balaban J connectivity index is 1.50. The molecule has 158 valence electrons. The Labute approximate surface area is 184 Å². The van der Waals surface area contributed by atoms with E-state index in [0.717, 1.165) is 33.2 Å². The van der Waals surface area contributed by atoms with Gasteiger partial charge < -0.3 is 5.32 Å². The molecule has 0 radical (unpaired) electrons. The van der Waals surface area contributed by atoms with Gasteiger partial charge in [0.2, 0.25) is 5.91 Å². The van der Waals surface area contributed by atoms with Crippen molar-refractivity contribution in [1.82, 2.24) is 19.9 Å². The molecule has 3 amide bonds. The number of nitrogens with one attached hydrogen (secondary N) is 2. The number of aryl methyl sites for hydroxylation is 3. The molecule has 0 saturated carbocycles. The van der Waals surface area contributed by atoms with Crippen LogP contribution in [0.5, 0.6) is 0 Å². The first-order chi connectivity index (χ1) is 14.8. The fourth-order valence-corrected chi connectivity index (χ4v) is 4.35. The van der Waals surface area contributed by atoms with Crippen molar-refractivity contribution in [2.24, 2.45) is 0 Å². The highest BCUT2D eigenvalue weighted by Gasteiger charge is 2.21. The van der Waals surface area contributed by atoms with Crippen LogP contribution in [0.3, 0.4) is 0 Å². The third-order valence-electron chi connectivity index (χ3n) is 5.09. The number of hydrogen-bond donors (Lipinski definition) is 2. The molecular formula is C23H23N5O2S. The molecule has 0 aliphatic carbocycles. The zero-order valence-corrected chi connectivity index (χ0v) is 18.6. The summed E-state index contributed by atoms with van der Waals surface area (Å²) < 4.78 is 1.94. The minimum absolute atomic E-state index is 0.402. The number of imide groups is 1. The second-order valence-electron chi connectivity index (χ2n) is 7.54. The molecule has 0 bridgehead atoms. The maximum Gasteiger partial charge on any atom is 0.325 e. The molecule has 2 N–H and O–H groups in total. The Bertz CT molecular complexity index is 1310. The first kappa shape index (κ1) is 20.9. The molecular weight excluding hydrogens is 410 g/mol. The summed E-state index contributed by atoms with van der Waals surface area (Å²) in [7, 11) is 0. The van der Waals surface area contributed by atoms with Crippen LogP contribution in [-0.4, -0.2) is 31.8 Å². The van der Waals surface area contributed by atoms with Crippen molar-refractivity contribution in [3.63, 3.8) is 0 Å². The van der Waals surface area contributed by atoms with Crippen LogP contribution in [0.1, 0.15) is 23.6 Å². The van der Waals surface area contributed by atoms with Crippen LogP contribution in [0, 0.1) is 20.8 Å². The van der Waals surface area contributed by atoms with Crippen LogP contribution in [0.15, 0.2) is 53.7 Å². The Hall–Kier alpha value is -3.39. The molecule has 0 saturated heterocycles. The second-order valence-corrected chi connectivity index (χ2v) is 8.85. The van der Waals surface area contributed by atoms with Gasteiger partial charge >= 0.3 is 6.03 Å². The van der Waals surface area contributed by atoms with Crippen LogP contribution in [-0.2, 0) is 4.79 Å². The van der Waals surface area contributed by atoms with E-state index in [1.54, 1.807) is 6.92 Å². The average molecular weight is 434 g/mol. The van der Waals surface area contributed by atoms with Crippen molar-refractivity contribution in [2.75, 3.05) is 5.32 Å². The van der Waals surface area contributed by atoms with E-state index in [4.69, 9.17) is 0 Å². The SMILES string of the molecule is Cc1ccc(NC(=O)NC(=O)[C@H](C)Sc2nnc3cc(C)c4ccccc4n23)c(C)c1. The lowest BCUT2D eigenvalue weighted by atomic mass is 10.1. The number of carbonyl (C=O) groups excluding carboxylic acids is 2. The number of carbonyl (C=O) groups is 2. The largest absolute Gasteiger partial charge is 0.325 e. The molecule has 0 aliphatic heterocycles. The number of fused-ring (bicyclic) bond motifs is 3. The molecule has 0 fully saturated rings. The fourth-order valence-electron chi connectivity index (χ4n) is 3.48. The summed E-state index contributed by atoms with van der Waals surface area (Å²) in [5.74, 6) is -0.402. The summed E-state index contributed by atoms with van der Waals surface area (Å²) in [5.41, 5.74) is 5.52. The van der Waals surface area contributed by atoms with Crippen LogP contribution >= 0.6 is 11.8 Å². The van der Waals surface area contributed by atoms with E-state index in [0.29, 0.717) is 10.8 Å². The zero-order valence-electron chi connectivity index (χ0n) is 17.8. The monoisotopic (exact) mass is 433 g/mol. The third kappa shape index (κ3) is 4.25. The summed E-state index contributed by atoms with van der Waals surface area (Å²) in [6.45, 7) is 7.67. The molecule has 0 unspecified atom stereocenters. The van der Waals surface area contributed by atoms with Gasteiger partial charge in [-0.25, -0.2) is 4.79 Å². The number of nitrogens with zero attached hydrogens (tertiary/aromatic N) is 3. The maximum atomic E-state index is 12.6. The van der Waals surface area contributed by atoms with Gasteiger partial charge in [-0.2, -0.15) is 0 Å². The number of pyridine rings is 1. The van der Waals surface area contributed by atoms with Gasteiger partial charge in [-0.3, -0.25) is 14.5 Å². The lowest BCUT2D eigenvalue weighted by Gasteiger charge is -2.13. The number of anilines is 1. The fraction of sp³-hybridized carbons (Fsp3) is 0.217. The second kappa shape index (κ2) is 8.39. The number of hydrogen-bond acceptors (Lipinski definition) is 5. The number of para-hydroxylation sites is 1. The number of rotatable bonds is 4. The smallest absolute Gasteiger partial charge is 0.307 e. The third-order valence-corrected chi connectivity index (χ3v) is 6.13. The number of amides is 3. The van der Waals surface area contributed by atoms with Gasteiger partial charge in [0, 0.05) is 11.1 Å². The number of aromatic nitrogens is 3. The molecule has 1 atom stereocenters. The Kier molecular flexibility index (Phi) is 5.65. The van der Waals surface area contributed by atoms with Crippen LogP contribution in [0.25, 0.3) is 16.6 Å². The van der Waals surface area contributed by atoms with Crippen LogP contribution in [0.2, 0.25) is 0 Å². The summed E-state index contributed by atoms with van der Waals surface area (Å²) in [6, 6.07) is 15.1. The van der Waals surface area contributed by atoms with E-state index < -0.39 is 17.2 Å². The van der Waals surface area contributed by atoms with Crippen molar-refractivity contribution < 1.29 is 9.59 Å². The van der Waals surface area contributed by atoms with Crippen LogP contribution < -0.4 is 10.6 Å². The van der Waals surface area contributed by atoms with Gasteiger partial charge in [-0.05, 0) is 57.0 Å². The van der Waals surface area contributed by atoms with Gasteiger partial charge in [-0.15, -0.1) is 10.2 Å². The van der Waals surface area contributed by atoms with E-state index in [-0.39, 0.29) is 0 Å². The van der Waals surface area contributed by atoms with E-state index in [9.17, 15) is 9.59 Å². The lowest BCUT2D eigenvalue weighted by molar-refractivity contribution is -0.119. The Morgan fingerprint density at radius 3 is 2.55 bits per heavy atom. The van der Waals surface area contributed by atoms with Gasteiger partial charge in [0.05, 0.1) is 10.8 Å². The van der Waals surface area contributed by atoms with E-state index in [1.165, 1.54) is 11.8 Å². The molecule has 8 heteroatoms. The van der Waals surface area contributed by atoms with Gasteiger partial charge in [0.15, 0.2) is 10.8 Å². The number of urea groups is 1. The van der Waals surface area contributed by atoms with Gasteiger partial charge in [0.1, 0.15) is 0 Å². The molecule has 2 aromatic heterocycles. The standard InChI is InChI=1S/C23H23N5O2S/c1-13-9-10-18(15(3)11-13)24-22(30)25-21(29)16(4)31-23-27-26-20-12-14(2)17-7-5-6-8-19(17)28(20)23/h5-12,16H,1-4H3,(H2,24,25,29,30)/t16-/m0/s1. The highest BCUT2D eigenvalue weighted by molar-refractivity contribution is 8.00. The Morgan fingerprint density at radius 1 is 1.00 bits per heavy atom. The van der Waals surface area contributed by atoms with E-state index in [1.807, 2.05) is 73.7 Å². The van der Waals surface area contributed by atoms with Gasteiger partial charge in [-0.1, -0.05) is 47.7 Å². The quantitative estimate of drug-likeness (QED) is 0.458. The van der Waals surface area contributed by atoms with Crippen molar-refractivity contribution in [1.29, 1.82) is 0 Å². The lowest BCUT2D eigenvalue weighted by Crippen LogP contribution is -2.39. The highest BCUT2D eigenvalue weighted by atomic mass is 32.2. The average Bonchev–Trinajstić information content (AvgIpc) is 3.12. The van der Waals surface area contributed by atoms with Crippen molar-refractivity contribution in [2.45, 2.75) is 38.1 Å². The number of thioether (sulfide) groups is 1. The Morgan fingerprint density at radius 2 is 1.77 bits per heavy atom. The summed E-state index contributed by atoms with van der Waals surface area (Å²) in [4.78, 5) is 24.9. The first-order valence-electron chi connectivity index (χ1n) is 9.92. The molecule has 31 heavy (non-hydrogen) atoms. The molecule has 2 aromatic carbocycles. The maximum absolute atomic E-state index is 12.6. The molecule has 2 heterocycles.